The summed E-state index contributed by atoms with van der Waals surface area (Å²) in [6, 6.07) is 4.13. The van der Waals surface area contributed by atoms with Gasteiger partial charge in [-0.15, -0.1) is 0 Å². The second kappa shape index (κ2) is 1.95. The van der Waals surface area contributed by atoms with Crippen molar-refractivity contribution in [3.8, 4) is 11.5 Å². The molecule has 3 heteroatoms. The van der Waals surface area contributed by atoms with Crippen LogP contribution in [0.5, 0.6) is 11.5 Å². The largest absolute Gasteiger partial charge is 0.454 e. The minimum atomic E-state index is 0.121. The molecule has 1 saturated carbocycles. The summed E-state index contributed by atoms with van der Waals surface area (Å²) in [4.78, 5) is 4.55. The molecule has 0 aromatic heterocycles. The van der Waals surface area contributed by atoms with Crippen LogP contribution in [0.25, 0.3) is 0 Å². The second-order valence-electron chi connectivity index (χ2n) is 4.08. The van der Waals surface area contributed by atoms with E-state index >= 15 is 0 Å². The molecular formula is C11H9NO2. The fourth-order valence-corrected chi connectivity index (χ4v) is 2.25. The Labute approximate surface area is 81.4 Å². The zero-order chi connectivity index (χ0) is 9.17. The number of rotatable bonds is 0. The summed E-state index contributed by atoms with van der Waals surface area (Å²) in [5.74, 6) is 1.73. The van der Waals surface area contributed by atoms with Crippen molar-refractivity contribution in [2.75, 3.05) is 6.79 Å². The van der Waals surface area contributed by atoms with Crippen molar-refractivity contribution in [3.05, 3.63) is 23.3 Å². The molecule has 0 atom stereocenters. The molecule has 0 radical (unpaired) electrons. The van der Waals surface area contributed by atoms with Gasteiger partial charge in [0.15, 0.2) is 11.5 Å². The summed E-state index contributed by atoms with van der Waals surface area (Å²) in [7, 11) is 0. The van der Waals surface area contributed by atoms with Crippen molar-refractivity contribution in [2.24, 2.45) is 4.99 Å². The molecule has 2 aliphatic heterocycles. The lowest BCUT2D eigenvalue weighted by Crippen LogP contribution is -1.98. The number of ether oxygens (including phenoxy) is 2. The van der Waals surface area contributed by atoms with Gasteiger partial charge in [0, 0.05) is 11.8 Å². The van der Waals surface area contributed by atoms with E-state index in [4.69, 9.17) is 9.47 Å². The highest BCUT2D eigenvalue weighted by molar-refractivity contribution is 5.88. The van der Waals surface area contributed by atoms with Crippen LogP contribution in [0.15, 0.2) is 17.1 Å². The van der Waals surface area contributed by atoms with Gasteiger partial charge in [0.25, 0.3) is 0 Å². The van der Waals surface area contributed by atoms with Gasteiger partial charge in [0.2, 0.25) is 6.79 Å². The highest BCUT2D eigenvalue weighted by Crippen LogP contribution is 2.55. The molecular weight excluding hydrogens is 178 g/mol. The van der Waals surface area contributed by atoms with Gasteiger partial charge in [0.1, 0.15) is 0 Å². The fourth-order valence-electron chi connectivity index (χ4n) is 2.25. The zero-order valence-electron chi connectivity index (χ0n) is 7.62. The first-order chi connectivity index (χ1) is 6.87. The van der Waals surface area contributed by atoms with Crippen LogP contribution >= 0.6 is 0 Å². The van der Waals surface area contributed by atoms with Crippen LogP contribution in [0.1, 0.15) is 24.0 Å². The number of benzene rings is 1. The predicted molar refractivity (Wildman–Crippen MR) is 51.1 cm³/mol. The van der Waals surface area contributed by atoms with Crippen LogP contribution in [0.4, 0.5) is 0 Å². The highest BCUT2D eigenvalue weighted by Gasteiger charge is 2.48. The normalized spacial score (nSPS) is 22.9. The molecule has 2 heterocycles. The maximum absolute atomic E-state index is 5.37. The van der Waals surface area contributed by atoms with E-state index < -0.39 is 0 Å². The van der Waals surface area contributed by atoms with Gasteiger partial charge >= 0.3 is 0 Å². The Morgan fingerprint density at radius 3 is 2.71 bits per heavy atom. The summed E-state index contributed by atoms with van der Waals surface area (Å²) < 4.78 is 10.7. The summed E-state index contributed by atoms with van der Waals surface area (Å²) in [6.45, 7) is 0.350. The monoisotopic (exact) mass is 187 g/mol. The Bertz CT molecular complexity index is 461. The number of fused-ring (bicyclic) bond motifs is 3. The van der Waals surface area contributed by atoms with E-state index in [1.165, 1.54) is 24.0 Å². The van der Waals surface area contributed by atoms with Crippen molar-refractivity contribution < 1.29 is 9.47 Å². The molecule has 0 N–H and O–H groups in total. The molecule has 1 aromatic carbocycles. The van der Waals surface area contributed by atoms with Crippen molar-refractivity contribution in [1.29, 1.82) is 0 Å². The molecule has 3 nitrogen and oxygen atoms in total. The van der Waals surface area contributed by atoms with Crippen molar-refractivity contribution in [1.82, 2.24) is 0 Å². The van der Waals surface area contributed by atoms with Crippen LogP contribution < -0.4 is 9.47 Å². The summed E-state index contributed by atoms with van der Waals surface area (Å²) in [6.07, 6.45) is 4.32. The van der Waals surface area contributed by atoms with Gasteiger partial charge in [-0.25, -0.2) is 0 Å². The second-order valence-corrected chi connectivity index (χ2v) is 4.08. The SMILES string of the molecule is C1=NC2(CC2)c2cc3c(cc21)OCO3. The molecule has 1 aliphatic carbocycles. The lowest BCUT2D eigenvalue weighted by molar-refractivity contribution is 0.174. The molecule has 0 bridgehead atoms. The molecule has 1 fully saturated rings. The topological polar surface area (TPSA) is 30.8 Å². The van der Waals surface area contributed by atoms with Gasteiger partial charge < -0.3 is 9.47 Å². The Hall–Kier alpha value is -1.51. The maximum atomic E-state index is 5.37. The van der Waals surface area contributed by atoms with E-state index in [9.17, 15) is 0 Å². The van der Waals surface area contributed by atoms with Crippen LogP contribution in [0.2, 0.25) is 0 Å². The van der Waals surface area contributed by atoms with Crippen LogP contribution in [-0.4, -0.2) is 13.0 Å². The van der Waals surface area contributed by atoms with Gasteiger partial charge in [-0.1, -0.05) is 0 Å². The lowest BCUT2D eigenvalue weighted by atomic mass is 10.0. The predicted octanol–water partition coefficient (Wildman–Crippen LogP) is 1.84. The summed E-state index contributed by atoms with van der Waals surface area (Å²) in [5, 5.41) is 0. The minimum Gasteiger partial charge on any atom is -0.454 e. The van der Waals surface area contributed by atoms with E-state index in [-0.39, 0.29) is 5.54 Å². The van der Waals surface area contributed by atoms with E-state index in [1.807, 2.05) is 12.3 Å². The molecule has 70 valence electrons. The Balaban J connectivity index is 1.98. The average molecular weight is 187 g/mol. The molecule has 0 unspecified atom stereocenters. The molecule has 14 heavy (non-hydrogen) atoms. The van der Waals surface area contributed by atoms with Gasteiger partial charge in [-0.05, 0) is 30.5 Å². The first-order valence-electron chi connectivity index (χ1n) is 4.87. The summed E-state index contributed by atoms with van der Waals surface area (Å²) in [5.41, 5.74) is 2.64. The number of hydrogen-bond donors (Lipinski definition) is 0. The van der Waals surface area contributed by atoms with Crippen LogP contribution in [-0.2, 0) is 5.54 Å². The minimum absolute atomic E-state index is 0.121. The molecule has 1 spiro atoms. The van der Waals surface area contributed by atoms with Gasteiger partial charge in [-0.2, -0.15) is 0 Å². The third-order valence-electron chi connectivity index (χ3n) is 3.22. The van der Waals surface area contributed by atoms with Crippen LogP contribution in [0, 0.1) is 0 Å². The van der Waals surface area contributed by atoms with E-state index in [0.29, 0.717) is 6.79 Å². The standard InChI is InChI=1S/C11H9NO2/c1-2-11(1)8-4-10-9(13-6-14-10)3-7(8)5-12-11/h3-5H,1-2,6H2. The average Bonchev–Trinajstić information content (AvgIpc) is 2.69. The molecule has 0 saturated heterocycles. The number of hydrogen-bond acceptors (Lipinski definition) is 3. The van der Waals surface area contributed by atoms with Crippen molar-refractivity contribution in [2.45, 2.75) is 18.4 Å². The highest BCUT2D eigenvalue weighted by atomic mass is 16.7. The van der Waals surface area contributed by atoms with E-state index in [2.05, 4.69) is 11.1 Å². The quantitative estimate of drug-likeness (QED) is 0.620. The maximum Gasteiger partial charge on any atom is 0.231 e. The number of aliphatic imine (C=N–C) groups is 1. The third kappa shape index (κ3) is 0.672. The Kier molecular flexibility index (Phi) is 0.955. The lowest BCUT2D eigenvalue weighted by Gasteiger charge is -2.06. The van der Waals surface area contributed by atoms with Crippen molar-refractivity contribution in [3.63, 3.8) is 0 Å². The smallest absolute Gasteiger partial charge is 0.231 e. The molecule has 0 amide bonds. The van der Waals surface area contributed by atoms with E-state index in [0.717, 1.165) is 11.5 Å². The molecule has 4 rings (SSSR count). The van der Waals surface area contributed by atoms with E-state index in [1.54, 1.807) is 0 Å². The molecule has 1 aromatic rings. The fraction of sp³-hybridized carbons (Fsp3) is 0.364. The van der Waals surface area contributed by atoms with Gasteiger partial charge in [0.05, 0.1) is 5.54 Å². The van der Waals surface area contributed by atoms with Gasteiger partial charge in [-0.3, -0.25) is 4.99 Å². The first kappa shape index (κ1) is 6.87. The third-order valence-corrected chi connectivity index (χ3v) is 3.22. The Morgan fingerprint density at radius 2 is 1.93 bits per heavy atom. The molecule has 3 aliphatic rings. The number of nitrogens with zero attached hydrogens (tertiary/aromatic N) is 1. The Morgan fingerprint density at radius 1 is 1.14 bits per heavy atom. The summed E-state index contributed by atoms with van der Waals surface area (Å²) >= 11 is 0. The zero-order valence-corrected chi connectivity index (χ0v) is 7.62. The first-order valence-corrected chi connectivity index (χ1v) is 4.87. The van der Waals surface area contributed by atoms with Crippen LogP contribution in [0.3, 0.4) is 0 Å². The van der Waals surface area contributed by atoms with Crippen molar-refractivity contribution >= 4 is 6.21 Å².